The van der Waals surface area contributed by atoms with Crippen LogP contribution in [0, 0.1) is 24.0 Å². The van der Waals surface area contributed by atoms with Crippen LogP contribution in [0.15, 0.2) is 27.0 Å². The van der Waals surface area contributed by atoms with Crippen molar-refractivity contribution in [2.24, 2.45) is 0 Å². The normalized spacial score (nSPS) is 10.4. The average molecular weight is 264 g/mol. The predicted octanol–water partition coefficient (Wildman–Crippen LogP) is 2.33. The van der Waals surface area contributed by atoms with Crippen molar-refractivity contribution in [1.82, 2.24) is 5.32 Å². The molecule has 1 amide bonds. The Balaban J connectivity index is 2.01. The molecule has 1 N–H and O–H groups in total. The van der Waals surface area contributed by atoms with Crippen molar-refractivity contribution in [1.29, 1.82) is 0 Å². The highest BCUT2D eigenvalue weighted by Crippen LogP contribution is 2.16. The van der Waals surface area contributed by atoms with E-state index in [-0.39, 0.29) is 12.3 Å². The van der Waals surface area contributed by atoms with Gasteiger partial charge in [0.15, 0.2) is 5.76 Å². The number of rotatable bonds is 4. The number of carbonyl (C=O) groups excluding carboxylic acids is 1. The maximum absolute atomic E-state index is 11.7. The van der Waals surface area contributed by atoms with Crippen molar-refractivity contribution in [3.8, 4) is 0 Å². The van der Waals surface area contributed by atoms with Crippen LogP contribution in [0.5, 0.6) is 0 Å². The molecule has 0 saturated heterocycles. The van der Waals surface area contributed by atoms with Crippen molar-refractivity contribution in [2.45, 2.75) is 20.4 Å². The highest BCUT2D eigenvalue weighted by molar-refractivity contribution is 5.91. The minimum absolute atomic E-state index is 0.0930. The molecule has 7 heteroatoms. The monoisotopic (exact) mass is 264 g/mol. The molecule has 19 heavy (non-hydrogen) atoms. The second-order valence-electron chi connectivity index (χ2n) is 4.02. The molecule has 2 aromatic heterocycles. The lowest BCUT2D eigenvalue weighted by molar-refractivity contribution is -0.402. The van der Waals surface area contributed by atoms with Crippen LogP contribution in [-0.2, 0) is 6.54 Å². The zero-order valence-corrected chi connectivity index (χ0v) is 10.4. The number of furan rings is 2. The standard InChI is InChI=1S/C12H12N2O5/c1-7-5-9(8(2)18-7)6-13-12(15)10-3-4-11(19-10)14(16)17/h3-5H,6H2,1-2H3,(H,13,15). The molecule has 0 fully saturated rings. The maximum Gasteiger partial charge on any atom is 0.433 e. The van der Waals surface area contributed by atoms with Gasteiger partial charge in [-0.15, -0.1) is 0 Å². The Morgan fingerprint density at radius 2 is 2.11 bits per heavy atom. The summed E-state index contributed by atoms with van der Waals surface area (Å²) >= 11 is 0. The van der Waals surface area contributed by atoms with Crippen LogP contribution in [0.25, 0.3) is 0 Å². The molecule has 0 unspecified atom stereocenters. The Kier molecular flexibility index (Phi) is 3.37. The second-order valence-corrected chi connectivity index (χ2v) is 4.02. The van der Waals surface area contributed by atoms with Crippen molar-refractivity contribution >= 4 is 11.8 Å². The number of aryl methyl sites for hydroxylation is 2. The highest BCUT2D eigenvalue weighted by atomic mass is 16.6. The van der Waals surface area contributed by atoms with Gasteiger partial charge in [0.1, 0.15) is 16.4 Å². The number of nitrogens with one attached hydrogen (secondary N) is 1. The molecule has 0 aliphatic rings. The first kappa shape index (κ1) is 12.9. The number of nitrogens with zero attached hydrogens (tertiary/aromatic N) is 1. The zero-order chi connectivity index (χ0) is 14.0. The summed E-state index contributed by atoms with van der Waals surface area (Å²) in [5.41, 5.74) is 0.854. The van der Waals surface area contributed by atoms with Crippen molar-refractivity contribution in [2.75, 3.05) is 0 Å². The molecule has 2 rings (SSSR count). The quantitative estimate of drug-likeness (QED) is 0.674. The largest absolute Gasteiger partial charge is 0.466 e. The topological polar surface area (TPSA) is 98.5 Å². The number of hydrogen-bond donors (Lipinski definition) is 1. The second kappa shape index (κ2) is 4.97. The summed E-state index contributed by atoms with van der Waals surface area (Å²) in [4.78, 5) is 21.5. The fourth-order valence-electron chi connectivity index (χ4n) is 1.67. The first-order chi connectivity index (χ1) is 8.97. The van der Waals surface area contributed by atoms with E-state index in [9.17, 15) is 14.9 Å². The summed E-state index contributed by atoms with van der Waals surface area (Å²) in [6.07, 6.45) is 0. The molecule has 100 valence electrons. The minimum atomic E-state index is -0.694. The Morgan fingerprint density at radius 1 is 1.37 bits per heavy atom. The molecule has 0 radical (unpaired) electrons. The van der Waals surface area contributed by atoms with Gasteiger partial charge in [0.05, 0.1) is 6.07 Å². The predicted molar refractivity (Wildman–Crippen MR) is 64.7 cm³/mol. The van der Waals surface area contributed by atoms with Gasteiger partial charge >= 0.3 is 5.88 Å². The van der Waals surface area contributed by atoms with Crippen LogP contribution in [-0.4, -0.2) is 10.8 Å². The molecule has 0 spiro atoms. The number of carbonyl (C=O) groups is 1. The smallest absolute Gasteiger partial charge is 0.433 e. The molecule has 2 aromatic rings. The van der Waals surface area contributed by atoms with E-state index >= 15 is 0 Å². The molecule has 7 nitrogen and oxygen atoms in total. The molecule has 2 heterocycles. The van der Waals surface area contributed by atoms with E-state index in [0.29, 0.717) is 0 Å². The van der Waals surface area contributed by atoms with Crippen molar-refractivity contribution in [3.05, 3.63) is 51.2 Å². The summed E-state index contributed by atoms with van der Waals surface area (Å²) in [5, 5.41) is 13.0. The summed E-state index contributed by atoms with van der Waals surface area (Å²) in [7, 11) is 0. The molecule has 0 aromatic carbocycles. The van der Waals surface area contributed by atoms with Gasteiger partial charge in [-0.05, 0) is 26.0 Å². The van der Waals surface area contributed by atoms with E-state index < -0.39 is 16.7 Å². The summed E-state index contributed by atoms with van der Waals surface area (Å²) in [6, 6.07) is 4.23. The molecular formula is C12H12N2O5. The highest BCUT2D eigenvalue weighted by Gasteiger charge is 2.17. The molecule has 0 aliphatic heterocycles. The van der Waals surface area contributed by atoms with Gasteiger partial charge in [-0.3, -0.25) is 14.9 Å². The van der Waals surface area contributed by atoms with Crippen molar-refractivity contribution < 1.29 is 18.6 Å². The average Bonchev–Trinajstić information content (AvgIpc) is 2.93. The van der Waals surface area contributed by atoms with Gasteiger partial charge in [-0.1, -0.05) is 0 Å². The van der Waals surface area contributed by atoms with E-state index in [1.807, 2.05) is 13.0 Å². The van der Waals surface area contributed by atoms with Gasteiger partial charge < -0.3 is 14.2 Å². The molecule has 0 atom stereocenters. The van der Waals surface area contributed by atoms with Crippen molar-refractivity contribution in [3.63, 3.8) is 0 Å². The van der Waals surface area contributed by atoms with Gasteiger partial charge in [0, 0.05) is 12.1 Å². The van der Waals surface area contributed by atoms with Gasteiger partial charge in [0.2, 0.25) is 0 Å². The Morgan fingerprint density at radius 3 is 2.63 bits per heavy atom. The SMILES string of the molecule is Cc1cc(CNC(=O)c2ccc([N+](=O)[O-])o2)c(C)o1. The number of hydrogen-bond acceptors (Lipinski definition) is 5. The van der Waals surface area contributed by atoms with Gasteiger partial charge in [-0.2, -0.15) is 0 Å². The Bertz CT molecular complexity index is 626. The Hall–Kier alpha value is -2.57. The lowest BCUT2D eigenvalue weighted by Crippen LogP contribution is -2.22. The van der Waals surface area contributed by atoms with Crippen LogP contribution in [0.3, 0.4) is 0 Å². The molecule has 0 saturated carbocycles. The van der Waals surface area contributed by atoms with E-state index in [4.69, 9.17) is 8.83 Å². The third-order valence-corrected chi connectivity index (χ3v) is 2.58. The van der Waals surface area contributed by atoms with E-state index in [0.717, 1.165) is 23.2 Å². The van der Waals surface area contributed by atoms with E-state index in [2.05, 4.69) is 5.32 Å². The van der Waals surface area contributed by atoms with Crippen LogP contribution in [0.4, 0.5) is 5.88 Å². The first-order valence-corrected chi connectivity index (χ1v) is 5.55. The summed E-state index contributed by atoms with van der Waals surface area (Å²) < 4.78 is 10.1. The zero-order valence-electron chi connectivity index (χ0n) is 10.4. The fourth-order valence-corrected chi connectivity index (χ4v) is 1.67. The van der Waals surface area contributed by atoms with Gasteiger partial charge in [0.25, 0.3) is 5.91 Å². The Labute approximate surface area is 108 Å². The summed E-state index contributed by atoms with van der Waals surface area (Å²) in [5.74, 6) is 0.426. The van der Waals surface area contributed by atoms with Crippen LogP contribution in [0.2, 0.25) is 0 Å². The number of amides is 1. The van der Waals surface area contributed by atoms with Crippen LogP contribution in [0.1, 0.15) is 27.6 Å². The fraction of sp³-hybridized carbons (Fsp3) is 0.250. The third-order valence-electron chi connectivity index (χ3n) is 2.58. The number of nitro groups is 1. The minimum Gasteiger partial charge on any atom is -0.466 e. The summed E-state index contributed by atoms with van der Waals surface area (Å²) in [6.45, 7) is 3.89. The van der Waals surface area contributed by atoms with Gasteiger partial charge in [-0.25, -0.2) is 0 Å². The van der Waals surface area contributed by atoms with Crippen LogP contribution >= 0.6 is 0 Å². The molecular weight excluding hydrogens is 252 g/mol. The van der Waals surface area contributed by atoms with E-state index in [1.54, 1.807) is 6.92 Å². The first-order valence-electron chi connectivity index (χ1n) is 5.55. The van der Waals surface area contributed by atoms with Crippen LogP contribution < -0.4 is 5.32 Å². The molecule has 0 bridgehead atoms. The molecule has 0 aliphatic carbocycles. The third kappa shape index (κ3) is 2.82. The maximum atomic E-state index is 11.7. The lowest BCUT2D eigenvalue weighted by Gasteiger charge is -2.01. The van der Waals surface area contributed by atoms with E-state index in [1.165, 1.54) is 6.07 Å². The lowest BCUT2D eigenvalue weighted by atomic mass is 10.2.